The van der Waals surface area contributed by atoms with E-state index in [0.29, 0.717) is 18.9 Å². The quantitative estimate of drug-likeness (QED) is 0.350. The molecule has 5 heteroatoms. The fourth-order valence-electron chi connectivity index (χ4n) is 6.20. The van der Waals surface area contributed by atoms with Crippen molar-refractivity contribution in [3.8, 4) is 0 Å². The predicted octanol–water partition coefficient (Wildman–Crippen LogP) is 5.63. The largest absolute Gasteiger partial charge is 0.342 e. The first-order chi connectivity index (χ1) is 18.5. The molecule has 2 aliphatic heterocycles. The van der Waals surface area contributed by atoms with Crippen LogP contribution in [0.4, 0.5) is 0 Å². The summed E-state index contributed by atoms with van der Waals surface area (Å²) in [6.45, 7) is 7.75. The average Bonchev–Trinajstić information content (AvgIpc) is 2.93. The Hall–Kier alpha value is -2.66. The van der Waals surface area contributed by atoms with Gasteiger partial charge in [0.2, 0.25) is 11.8 Å². The van der Waals surface area contributed by atoms with Gasteiger partial charge in [-0.1, -0.05) is 80.9 Å². The molecular weight excluding hydrogens is 470 g/mol. The van der Waals surface area contributed by atoms with Gasteiger partial charge in [-0.2, -0.15) is 0 Å². The van der Waals surface area contributed by atoms with Crippen LogP contribution in [0.3, 0.4) is 0 Å². The normalized spacial score (nSPS) is 19.8. The lowest BCUT2D eigenvalue weighted by Gasteiger charge is -2.52. The minimum Gasteiger partial charge on any atom is -0.342 e. The Morgan fingerprint density at radius 1 is 0.789 bits per heavy atom. The molecule has 2 aromatic rings. The Labute approximate surface area is 230 Å². The van der Waals surface area contributed by atoms with Gasteiger partial charge in [-0.05, 0) is 81.4 Å². The molecule has 0 radical (unpaired) electrons. The molecular formula is C33H47N3O2. The first-order valence-electron chi connectivity index (χ1n) is 14.9. The van der Waals surface area contributed by atoms with E-state index in [1.165, 1.54) is 30.4 Å². The van der Waals surface area contributed by atoms with Gasteiger partial charge < -0.3 is 15.1 Å². The summed E-state index contributed by atoms with van der Waals surface area (Å²) in [6, 6.07) is 20.9. The van der Waals surface area contributed by atoms with Crippen LogP contribution in [0.15, 0.2) is 60.7 Å². The minimum absolute atomic E-state index is 0.0771. The van der Waals surface area contributed by atoms with Crippen molar-refractivity contribution < 1.29 is 9.59 Å². The number of likely N-dealkylation sites (tertiary alicyclic amines) is 1. The summed E-state index contributed by atoms with van der Waals surface area (Å²) in [5.74, 6) is 0.572. The topological polar surface area (TPSA) is 52.7 Å². The molecule has 5 nitrogen and oxygen atoms in total. The SMILES string of the molecule is CC(C)C[C@@H]1NC(=O)C2(CCN(CCCCCc3ccccc3)CC2)N(CCCCc2ccccc2)C1=O. The second-order valence-electron chi connectivity index (χ2n) is 11.8. The molecule has 2 amide bonds. The van der Waals surface area contributed by atoms with Crippen molar-refractivity contribution in [3.05, 3.63) is 71.8 Å². The zero-order valence-corrected chi connectivity index (χ0v) is 23.5. The van der Waals surface area contributed by atoms with Gasteiger partial charge in [0.1, 0.15) is 11.6 Å². The van der Waals surface area contributed by atoms with Crippen LogP contribution in [0.1, 0.15) is 76.3 Å². The molecule has 0 aromatic heterocycles. The van der Waals surface area contributed by atoms with Crippen molar-refractivity contribution in [3.63, 3.8) is 0 Å². The van der Waals surface area contributed by atoms with Crippen molar-refractivity contribution in [2.75, 3.05) is 26.2 Å². The van der Waals surface area contributed by atoms with Crippen LogP contribution in [-0.4, -0.2) is 59.4 Å². The van der Waals surface area contributed by atoms with Crippen LogP contribution in [0, 0.1) is 5.92 Å². The third kappa shape index (κ3) is 7.47. The first kappa shape index (κ1) is 28.4. The highest BCUT2D eigenvalue weighted by Crippen LogP contribution is 2.34. The Morgan fingerprint density at radius 3 is 1.92 bits per heavy atom. The standard InChI is InChI=1S/C33H47N3O2/c1-27(2)26-30-31(37)36(23-13-11-19-29-16-8-4-9-17-29)33(32(38)34-30)20-24-35(25-21-33)22-12-5-10-18-28-14-6-3-7-15-28/h3-4,6-9,14-17,27,30H,5,10-13,18-26H2,1-2H3,(H,34,38)/t30-/m0/s1. The van der Waals surface area contributed by atoms with Crippen LogP contribution in [0.25, 0.3) is 0 Å². The van der Waals surface area contributed by atoms with Gasteiger partial charge in [0.25, 0.3) is 0 Å². The molecule has 2 fully saturated rings. The second kappa shape index (κ2) is 13.9. The van der Waals surface area contributed by atoms with E-state index >= 15 is 0 Å². The Bertz CT molecular complexity index is 999. The number of hydrogen-bond donors (Lipinski definition) is 1. The van der Waals surface area contributed by atoms with Crippen LogP contribution < -0.4 is 5.32 Å². The van der Waals surface area contributed by atoms with Gasteiger partial charge in [-0.25, -0.2) is 0 Å². The van der Waals surface area contributed by atoms with E-state index in [1.54, 1.807) is 0 Å². The van der Waals surface area contributed by atoms with E-state index in [2.05, 4.69) is 78.7 Å². The van der Waals surface area contributed by atoms with E-state index in [1.807, 2.05) is 11.0 Å². The molecule has 0 bridgehead atoms. The molecule has 0 unspecified atom stereocenters. The molecule has 2 aromatic carbocycles. The van der Waals surface area contributed by atoms with E-state index in [9.17, 15) is 9.59 Å². The third-order valence-corrected chi connectivity index (χ3v) is 8.42. The number of hydrogen-bond acceptors (Lipinski definition) is 3. The first-order valence-corrected chi connectivity index (χ1v) is 14.9. The maximum atomic E-state index is 13.7. The number of carbonyl (C=O) groups is 2. The van der Waals surface area contributed by atoms with Gasteiger partial charge in [0.15, 0.2) is 0 Å². The number of amides is 2. The zero-order valence-electron chi connectivity index (χ0n) is 23.5. The van der Waals surface area contributed by atoms with Crippen molar-refractivity contribution in [1.29, 1.82) is 0 Å². The van der Waals surface area contributed by atoms with Gasteiger partial charge in [-0.3, -0.25) is 9.59 Å². The van der Waals surface area contributed by atoms with Gasteiger partial charge in [0, 0.05) is 19.6 Å². The Kier molecular flexibility index (Phi) is 10.4. The summed E-state index contributed by atoms with van der Waals surface area (Å²) in [6.07, 6.45) is 9.90. The fraction of sp³-hybridized carbons (Fsp3) is 0.576. The van der Waals surface area contributed by atoms with Crippen LogP contribution in [0.2, 0.25) is 0 Å². The summed E-state index contributed by atoms with van der Waals surface area (Å²) in [4.78, 5) is 31.8. The molecule has 0 saturated carbocycles. The number of benzene rings is 2. The molecule has 2 saturated heterocycles. The Morgan fingerprint density at radius 2 is 1.34 bits per heavy atom. The van der Waals surface area contributed by atoms with E-state index in [0.717, 1.165) is 58.2 Å². The highest BCUT2D eigenvalue weighted by Gasteiger charge is 2.53. The van der Waals surface area contributed by atoms with E-state index in [4.69, 9.17) is 0 Å². The van der Waals surface area contributed by atoms with Crippen molar-refractivity contribution >= 4 is 11.8 Å². The second-order valence-corrected chi connectivity index (χ2v) is 11.8. The molecule has 1 N–H and O–H groups in total. The molecule has 2 aliphatic rings. The minimum atomic E-state index is -0.679. The number of piperazine rings is 1. The monoisotopic (exact) mass is 517 g/mol. The van der Waals surface area contributed by atoms with Crippen LogP contribution in [-0.2, 0) is 22.4 Å². The summed E-state index contributed by atoms with van der Waals surface area (Å²) in [7, 11) is 0. The van der Waals surface area contributed by atoms with Crippen molar-refractivity contribution in [2.24, 2.45) is 5.92 Å². The highest BCUT2D eigenvalue weighted by molar-refractivity contribution is 6.00. The maximum Gasteiger partial charge on any atom is 0.246 e. The summed E-state index contributed by atoms with van der Waals surface area (Å²) in [5, 5.41) is 3.15. The zero-order chi connectivity index (χ0) is 26.8. The van der Waals surface area contributed by atoms with Crippen LogP contribution >= 0.6 is 0 Å². The number of nitrogens with one attached hydrogen (secondary N) is 1. The number of aryl methyl sites for hydroxylation is 2. The number of carbonyl (C=O) groups excluding carboxylic acids is 2. The molecule has 2 heterocycles. The smallest absolute Gasteiger partial charge is 0.246 e. The van der Waals surface area contributed by atoms with Crippen LogP contribution in [0.5, 0.6) is 0 Å². The van der Waals surface area contributed by atoms with E-state index < -0.39 is 5.54 Å². The molecule has 1 spiro atoms. The summed E-state index contributed by atoms with van der Waals surface area (Å²) < 4.78 is 0. The van der Waals surface area contributed by atoms with Crippen molar-refractivity contribution in [2.45, 2.75) is 89.6 Å². The highest BCUT2D eigenvalue weighted by atomic mass is 16.2. The number of unbranched alkanes of at least 4 members (excludes halogenated alkanes) is 3. The van der Waals surface area contributed by atoms with Crippen molar-refractivity contribution in [1.82, 2.24) is 15.1 Å². The number of rotatable bonds is 13. The molecule has 1 atom stereocenters. The third-order valence-electron chi connectivity index (χ3n) is 8.42. The molecule has 206 valence electrons. The predicted molar refractivity (Wildman–Crippen MR) is 155 cm³/mol. The summed E-state index contributed by atoms with van der Waals surface area (Å²) >= 11 is 0. The summed E-state index contributed by atoms with van der Waals surface area (Å²) in [5.41, 5.74) is 2.07. The molecule has 0 aliphatic carbocycles. The lowest BCUT2D eigenvalue weighted by atomic mass is 9.80. The lowest BCUT2D eigenvalue weighted by molar-refractivity contribution is -0.161. The Balaban J connectivity index is 1.30. The van der Waals surface area contributed by atoms with Gasteiger partial charge in [0.05, 0.1) is 0 Å². The average molecular weight is 518 g/mol. The lowest BCUT2D eigenvalue weighted by Crippen LogP contribution is -2.73. The number of nitrogens with zero attached hydrogens (tertiary/aromatic N) is 2. The van der Waals surface area contributed by atoms with Gasteiger partial charge >= 0.3 is 0 Å². The fourth-order valence-corrected chi connectivity index (χ4v) is 6.20. The van der Waals surface area contributed by atoms with Gasteiger partial charge in [-0.15, -0.1) is 0 Å². The maximum absolute atomic E-state index is 13.7. The molecule has 4 rings (SSSR count). The molecule has 38 heavy (non-hydrogen) atoms. The van der Waals surface area contributed by atoms with E-state index in [-0.39, 0.29) is 17.9 Å². The number of piperidine rings is 1.